The molecule has 6 nitrogen and oxygen atoms in total. The molecule has 1 saturated heterocycles. The van der Waals surface area contributed by atoms with Crippen molar-refractivity contribution >= 4 is 0 Å². The van der Waals surface area contributed by atoms with E-state index in [2.05, 4.69) is 32.4 Å². The lowest BCUT2D eigenvalue weighted by molar-refractivity contribution is 0.124. The third kappa shape index (κ3) is 4.50. The molecule has 1 aliphatic heterocycles. The van der Waals surface area contributed by atoms with Gasteiger partial charge in [-0.3, -0.25) is 14.6 Å². The van der Waals surface area contributed by atoms with Crippen molar-refractivity contribution in [2.24, 2.45) is 5.92 Å². The molecule has 0 amide bonds. The van der Waals surface area contributed by atoms with Gasteiger partial charge in [0.05, 0.1) is 6.10 Å². The lowest BCUT2D eigenvalue weighted by Gasteiger charge is -2.34. The first-order valence-electron chi connectivity index (χ1n) is 9.79. The molecule has 26 heavy (non-hydrogen) atoms. The number of rotatable bonds is 6. The third-order valence-corrected chi connectivity index (χ3v) is 5.82. The number of hydrogen-bond acceptors (Lipinski definition) is 5. The summed E-state index contributed by atoms with van der Waals surface area (Å²) in [5.41, 5.74) is 1.33. The maximum atomic E-state index is 10.5. The summed E-state index contributed by atoms with van der Waals surface area (Å²) < 4.78 is 1.98. The van der Waals surface area contributed by atoms with Crippen molar-refractivity contribution < 1.29 is 5.11 Å². The van der Waals surface area contributed by atoms with Gasteiger partial charge in [-0.1, -0.05) is 0 Å². The Morgan fingerprint density at radius 2 is 1.92 bits per heavy atom. The first kappa shape index (κ1) is 17.6. The van der Waals surface area contributed by atoms with E-state index >= 15 is 0 Å². The molecular formula is C20H29N5O. The quantitative estimate of drug-likeness (QED) is 0.825. The number of aliphatic hydroxyl groups excluding tert-OH is 1. The molecule has 2 aliphatic rings. The number of nitrogens with zero attached hydrogens (tertiary/aromatic N) is 4. The van der Waals surface area contributed by atoms with E-state index < -0.39 is 0 Å². The molecule has 2 N–H and O–H groups in total. The summed E-state index contributed by atoms with van der Waals surface area (Å²) in [6.07, 6.45) is 11.5. The van der Waals surface area contributed by atoms with Crippen molar-refractivity contribution in [2.45, 2.75) is 57.0 Å². The second-order valence-electron chi connectivity index (χ2n) is 7.81. The fourth-order valence-corrected chi connectivity index (χ4v) is 4.43. The van der Waals surface area contributed by atoms with Gasteiger partial charge in [0.2, 0.25) is 0 Å². The molecule has 2 aromatic rings. The molecule has 0 radical (unpaired) electrons. The molecule has 2 fully saturated rings. The van der Waals surface area contributed by atoms with Gasteiger partial charge in [-0.25, -0.2) is 0 Å². The third-order valence-electron chi connectivity index (χ3n) is 5.82. The molecule has 1 saturated carbocycles. The second kappa shape index (κ2) is 8.29. The molecule has 1 aliphatic carbocycles. The van der Waals surface area contributed by atoms with Crippen molar-refractivity contribution in [1.82, 2.24) is 25.0 Å². The highest BCUT2D eigenvalue weighted by atomic mass is 16.3. The molecule has 140 valence electrons. The zero-order valence-corrected chi connectivity index (χ0v) is 15.2. The highest BCUT2D eigenvalue weighted by Gasteiger charge is 2.34. The van der Waals surface area contributed by atoms with Crippen LogP contribution in [0.1, 0.15) is 31.2 Å². The van der Waals surface area contributed by atoms with Gasteiger partial charge in [0.25, 0.3) is 0 Å². The van der Waals surface area contributed by atoms with Crippen LogP contribution in [-0.4, -0.2) is 56.0 Å². The number of piperidine rings is 1. The van der Waals surface area contributed by atoms with Crippen LogP contribution < -0.4 is 5.32 Å². The maximum Gasteiger partial charge on any atom is 0.0696 e. The highest BCUT2D eigenvalue weighted by Crippen LogP contribution is 2.28. The number of aromatic nitrogens is 3. The van der Waals surface area contributed by atoms with Crippen LogP contribution in [0.5, 0.6) is 0 Å². The zero-order chi connectivity index (χ0) is 17.8. The summed E-state index contributed by atoms with van der Waals surface area (Å²) in [6, 6.07) is 6.90. The smallest absolute Gasteiger partial charge is 0.0696 e. The van der Waals surface area contributed by atoms with E-state index in [0.717, 1.165) is 51.9 Å². The van der Waals surface area contributed by atoms with Gasteiger partial charge in [-0.15, -0.1) is 0 Å². The van der Waals surface area contributed by atoms with E-state index in [0.29, 0.717) is 12.0 Å². The maximum absolute atomic E-state index is 10.5. The van der Waals surface area contributed by atoms with E-state index in [1.165, 1.54) is 5.56 Å². The van der Waals surface area contributed by atoms with Crippen molar-refractivity contribution in [1.29, 1.82) is 0 Å². The van der Waals surface area contributed by atoms with E-state index in [1.807, 2.05) is 35.5 Å². The molecule has 3 atom stereocenters. The van der Waals surface area contributed by atoms with Crippen LogP contribution in [0.25, 0.3) is 0 Å². The highest BCUT2D eigenvalue weighted by molar-refractivity contribution is 5.09. The van der Waals surface area contributed by atoms with Crippen LogP contribution in [0.4, 0.5) is 0 Å². The fourth-order valence-electron chi connectivity index (χ4n) is 4.43. The van der Waals surface area contributed by atoms with Gasteiger partial charge in [-0.2, -0.15) is 5.10 Å². The molecule has 6 heteroatoms. The van der Waals surface area contributed by atoms with E-state index in [9.17, 15) is 5.11 Å². The monoisotopic (exact) mass is 355 g/mol. The number of pyridine rings is 1. The van der Waals surface area contributed by atoms with Gasteiger partial charge in [0.1, 0.15) is 0 Å². The Hall–Kier alpha value is -1.76. The Labute approximate surface area is 155 Å². The van der Waals surface area contributed by atoms with Gasteiger partial charge >= 0.3 is 0 Å². The largest absolute Gasteiger partial charge is 0.391 e. The van der Waals surface area contributed by atoms with Crippen molar-refractivity contribution in [3.05, 3.63) is 48.5 Å². The van der Waals surface area contributed by atoms with Crippen LogP contribution in [0.2, 0.25) is 0 Å². The van der Waals surface area contributed by atoms with Crippen molar-refractivity contribution in [3.63, 3.8) is 0 Å². The Bertz CT molecular complexity index is 654. The summed E-state index contributed by atoms with van der Waals surface area (Å²) in [5.74, 6) is 0.508. The van der Waals surface area contributed by atoms with Crippen molar-refractivity contribution in [2.75, 3.05) is 13.1 Å². The van der Waals surface area contributed by atoms with Crippen LogP contribution in [0.15, 0.2) is 43.0 Å². The zero-order valence-electron chi connectivity index (χ0n) is 15.2. The van der Waals surface area contributed by atoms with Crippen LogP contribution in [0, 0.1) is 5.92 Å². The topological polar surface area (TPSA) is 66.2 Å². The Kier molecular flexibility index (Phi) is 5.62. The molecule has 2 aromatic heterocycles. The van der Waals surface area contributed by atoms with Crippen LogP contribution >= 0.6 is 0 Å². The molecule has 4 rings (SSSR count). The van der Waals surface area contributed by atoms with Crippen LogP contribution in [-0.2, 0) is 13.1 Å². The Balaban J connectivity index is 1.21. The summed E-state index contributed by atoms with van der Waals surface area (Å²) in [5, 5.41) is 18.5. The minimum Gasteiger partial charge on any atom is -0.391 e. The predicted molar refractivity (Wildman–Crippen MR) is 100 cm³/mol. The number of aliphatic hydroxyl groups is 1. The molecule has 0 bridgehead atoms. The predicted octanol–water partition coefficient (Wildman–Crippen LogP) is 1.67. The molecule has 0 aromatic carbocycles. The fraction of sp³-hybridized carbons (Fsp3) is 0.600. The number of nitrogens with one attached hydrogen (secondary N) is 1. The first-order chi connectivity index (χ1) is 12.8. The molecule has 1 unspecified atom stereocenters. The summed E-state index contributed by atoms with van der Waals surface area (Å²) in [7, 11) is 0. The normalized spacial score (nSPS) is 27.8. The lowest BCUT2D eigenvalue weighted by atomic mass is 10.0. The van der Waals surface area contributed by atoms with Gasteiger partial charge < -0.3 is 10.4 Å². The first-order valence-corrected chi connectivity index (χ1v) is 9.79. The number of hydrogen-bond donors (Lipinski definition) is 2. The average Bonchev–Trinajstić information content (AvgIpc) is 3.28. The van der Waals surface area contributed by atoms with Crippen molar-refractivity contribution in [3.8, 4) is 0 Å². The number of likely N-dealkylation sites (tertiary alicyclic amines) is 1. The second-order valence-corrected chi connectivity index (χ2v) is 7.81. The minimum absolute atomic E-state index is 0.229. The van der Waals surface area contributed by atoms with E-state index in [-0.39, 0.29) is 12.1 Å². The Morgan fingerprint density at radius 3 is 2.65 bits per heavy atom. The average molecular weight is 355 g/mol. The summed E-state index contributed by atoms with van der Waals surface area (Å²) in [6.45, 7) is 4.14. The molecule has 3 heterocycles. The van der Waals surface area contributed by atoms with Gasteiger partial charge in [0, 0.05) is 50.0 Å². The van der Waals surface area contributed by atoms with E-state index in [4.69, 9.17) is 0 Å². The van der Waals surface area contributed by atoms with Crippen LogP contribution in [0.3, 0.4) is 0 Å². The molecule has 0 spiro atoms. The molecular weight excluding hydrogens is 326 g/mol. The minimum atomic E-state index is -0.231. The van der Waals surface area contributed by atoms with Gasteiger partial charge in [0.15, 0.2) is 0 Å². The SMILES string of the molecule is O[C@@H]1CC(Cn2cccn2)C[C@H]1NC1CCN(Cc2ccncc2)CC1. The summed E-state index contributed by atoms with van der Waals surface area (Å²) >= 11 is 0. The van der Waals surface area contributed by atoms with E-state index in [1.54, 1.807) is 0 Å². The lowest BCUT2D eigenvalue weighted by Crippen LogP contribution is -2.48. The standard InChI is InChI=1S/C20H29N5O/c26-20-13-17(15-25-9-1-6-22-25)12-19(20)23-18-4-10-24(11-5-18)14-16-2-7-21-8-3-16/h1-3,6-9,17-20,23,26H,4-5,10-15H2/t17?,19-,20-/m1/s1. The van der Waals surface area contributed by atoms with Gasteiger partial charge in [-0.05, 0) is 68.5 Å². The Morgan fingerprint density at radius 1 is 1.12 bits per heavy atom. The summed E-state index contributed by atoms with van der Waals surface area (Å²) in [4.78, 5) is 6.60.